The molecule has 2 unspecified atom stereocenters. The Bertz CT molecular complexity index is 424. The zero-order chi connectivity index (χ0) is 13.8. The van der Waals surface area contributed by atoms with Gasteiger partial charge >= 0.3 is 0 Å². The summed E-state index contributed by atoms with van der Waals surface area (Å²) in [7, 11) is 2.13. The van der Waals surface area contributed by atoms with Crippen LogP contribution < -0.4 is 5.73 Å². The smallest absolute Gasteiger partial charge is 0.0622 e. The van der Waals surface area contributed by atoms with E-state index in [0.29, 0.717) is 6.04 Å². The molecule has 1 fully saturated rings. The third-order valence-corrected chi connectivity index (χ3v) is 4.50. The lowest BCUT2D eigenvalue weighted by Gasteiger charge is -2.24. The highest BCUT2D eigenvalue weighted by Gasteiger charge is 2.21. The first-order chi connectivity index (χ1) is 9.08. The monoisotopic (exact) mass is 346 g/mol. The molecule has 1 aromatic rings. The molecule has 0 aliphatic carbocycles. The molecule has 0 amide bonds. The highest BCUT2D eigenvalue weighted by Crippen LogP contribution is 2.27. The maximum absolute atomic E-state index is 6.24. The van der Waals surface area contributed by atoms with E-state index >= 15 is 0 Å². The Hall–Kier alpha value is -0.130. The van der Waals surface area contributed by atoms with Crippen molar-refractivity contribution in [3.63, 3.8) is 0 Å². The number of halogens is 2. The number of ether oxygens (including phenoxy) is 1. The summed E-state index contributed by atoms with van der Waals surface area (Å²) in [6.45, 7) is 2.67. The number of rotatable bonds is 5. The third kappa shape index (κ3) is 4.17. The van der Waals surface area contributed by atoms with Crippen LogP contribution in [0.5, 0.6) is 0 Å². The summed E-state index contributed by atoms with van der Waals surface area (Å²) in [5.74, 6) is 0. The molecule has 1 aliphatic heterocycles. The molecule has 0 saturated carbocycles. The van der Waals surface area contributed by atoms with E-state index in [2.05, 4.69) is 27.9 Å². The molecule has 2 atom stereocenters. The first-order valence-electron chi connectivity index (χ1n) is 6.56. The molecule has 2 N–H and O–H groups in total. The normalized spacial score (nSPS) is 21.0. The average Bonchev–Trinajstić information content (AvgIpc) is 2.89. The molecule has 1 aromatic carbocycles. The fourth-order valence-corrected chi connectivity index (χ4v) is 3.17. The van der Waals surface area contributed by atoms with Gasteiger partial charge in [-0.3, -0.25) is 0 Å². The average molecular weight is 348 g/mol. The fraction of sp³-hybridized carbons (Fsp3) is 0.571. The molecule has 1 saturated heterocycles. The molecule has 0 bridgehead atoms. The van der Waals surface area contributed by atoms with Crippen LogP contribution >= 0.6 is 27.5 Å². The number of hydrogen-bond donors (Lipinski definition) is 1. The molecule has 5 heteroatoms. The van der Waals surface area contributed by atoms with Crippen LogP contribution in [0.1, 0.15) is 24.4 Å². The number of benzene rings is 1. The van der Waals surface area contributed by atoms with Gasteiger partial charge in [-0.1, -0.05) is 33.6 Å². The Labute approximate surface area is 128 Å². The quantitative estimate of drug-likeness (QED) is 0.889. The van der Waals surface area contributed by atoms with Gasteiger partial charge in [-0.05, 0) is 37.6 Å². The minimum Gasteiger partial charge on any atom is -0.380 e. The molecule has 19 heavy (non-hydrogen) atoms. The first-order valence-corrected chi connectivity index (χ1v) is 7.73. The van der Waals surface area contributed by atoms with Crippen molar-refractivity contribution >= 4 is 27.5 Å². The zero-order valence-corrected chi connectivity index (χ0v) is 13.5. The molecule has 0 radical (unpaired) electrons. The summed E-state index contributed by atoms with van der Waals surface area (Å²) >= 11 is 9.63. The van der Waals surface area contributed by atoms with Gasteiger partial charge in [-0.2, -0.15) is 0 Å². The Morgan fingerprint density at radius 1 is 1.58 bits per heavy atom. The second kappa shape index (κ2) is 7.04. The lowest BCUT2D eigenvalue weighted by molar-refractivity contribution is 0.157. The lowest BCUT2D eigenvalue weighted by Crippen LogP contribution is -2.34. The topological polar surface area (TPSA) is 38.5 Å². The first kappa shape index (κ1) is 15.3. The second-order valence-corrected chi connectivity index (χ2v) is 6.38. The van der Waals surface area contributed by atoms with Gasteiger partial charge in [0.2, 0.25) is 0 Å². The van der Waals surface area contributed by atoms with Crippen LogP contribution in [-0.2, 0) is 4.74 Å². The molecule has 106 valence electrons. The van der Waals surface area contributed by atoms with E-state index in [4.69, 9.17) is 22.1 Å². The Kier molecular flexibility index (Phi) is 5.66. The number of likely N-dealkylation sites (N-methyl/N-ethyl adjacent to an activating group) is 1. The summed E-state index contributed by atoms with van der Waals surface area (Å²) in [5, 5.41) is 0.730. The molecule has 0 aromatic heterocycles. The molecule has 1 aliphatic rings. The maximum atomic E-state index is 6.24. The predicted molar refractivity (Wildman–Crippen MR) is 82.6 cm³/mol. The van der Waals surface area contributed by atoms with Crippen LogP contribution in [0.2, 0.25) is 5.02 Å². The van der Waals surface area contributed by atoms with Gasteiger partial charge < -0.3 is 15.4 Å². The summed E-state index contributed by atoms with van der Waals surface area (Å²) in [6.07, 6.45) is 2.01. The summed E-state index contributed by atoms with van der Waals surface area (Å²) in [4.78, 5) is 2.33. The maximum Gasteiger partial charge on any atom is 0.0622 e. The molecule has 1 heterocycles. The van der Waals surface area contributed by atoms with Crippen LogP contribution in [-0.4, -0.2) is 37.7 Å². The van der Waals surface area contributed by atoms with Gasteiger partial charge in [0, 0.05) is 34.7 Å². The van der Waals surface area contributed by atoms with Crippen molar-refractivity contribution in [1.29, 1.82) is 0 Å². The van der Waals surface area contributed by atoms with Crippen LogP contribution in [0.15, 0.2) is 22.7 Å². The van der Waals surface area contributed by atoms with Crippen LogP contribution in [0.4, 0.5) is 0 Å². The van der Waals surface area contributed by atoms with Gasteiger partial charge in [-0.25, -0.2) is 0 Å². The third-order valence-electron chi connectivity index (χ3n) is 3.68. The Morgan fingerprint density at radius 3 is 3.00 bits per heavy atom. The minimum absolute atomic E-state index is 0.0228. The van der Waals surface area contributed by atoms with Crippen molar-refractivity contribution in [2.45, 2.75) is 24.9 Å². The summed E-state index contributed by atoms with van der Waals surface area (Å²) < 4.78 is 6.38. The number of hydrogen-bond acceptors (Lipinski definition) is 3. The van der Waals surface area contributed by atoms with Crippen molar-refractivity contribution in [2.75, 3.05) is 26.8 Å². The van der Waals surface area contributed by atoms with Crippen molar-refractivity contribution in [2.24, 2.45) is 5.73 Å². The molecule has 2 rings (SSSR count). The fourth-order valence-electron chi connectivity index (χ4n) is 2.35. The van der Waals surface area contributed by atoms with E-state index in [1.54, 1.807) is 0 Å². The number of nitrogens with two attached hydrogens (primary N) is 1. The second-order valence-electron chi connectivity index (χ2n) is 5.06. The van der Waals surface area contributed by atoms with Crippen molar-refractivity contribution in [3.8, 4) is 0 Å². The van der Waals surface area contributed by atoms with E-state index < -0.39 is 0 Å². The highest BCUT2D eigenvalue weighted by molar-refractivity contribution is 9.10. The van der Waals surface area contributed by atoms with Gasteiger partial charge in [0.1, 0.15) is 0 Å². The van der Waals surface area contributed by atoms with Gasteiger partial charge in [0.25, 0.3) is 0 Å². The van der Waals surface area contributed by atoms with E-state index in [-0.39, 0.29) is 6.04 Å². The molecule has 0 spiro atoms. The Balaban J connectivity index is 1.88. The van der Waals surface area contributed by atoms with E-state index in [1.807, 2.05) is 18.2 Å². The number of nitrogens with zero attached hydrogens (tertiary/aromatic N) is 1. The van der Waals surface area contributed by atoms with Crippen LogP contribution in [0, 0.1) is 0 Å². The molecular weight excluding hydrogens is 328 g/mol. The Morgan fingerprint density at radius 2 is 2.37 bits per heavy atom. The van der Waals surface area contributed by atoms with Gasteiger partial charge in [0.05, 0.1) is 6.61 Å². The minimum atomic E-state index is -0.0228. The van der Waals surface area contributed by atoms with Crippen molar-refractivity contribution in [1.82, 2.24) is 4.90 Å². The lowest BCUT2D eigenvalue weighted by atomic mass is 10.0. The SMILES string of the molecule is CN(CCC(N)c1ccc(Br)cc1Cl)C1CCOC1. The highest BCUT2D eigenvalue weighted by atomic mass is 79.9. The van der Waals surface area contributed by atoms with Crippen molar-refractivity contribution < 1.29 is 4.74 Å². The van der Waals surface area contributed by atoms with E-state index in [9.17, 15) is 0 Å². The standard InChI is InChI=1S/C14H20BrClN2O/c1-18(11-5-7-19-9-11)6-4-14(17)12-3-2-10(15)8-13(12)16/h2-3,8,11,14H,4-7,9,17H2,1H3. The van der Waals surface area contributed by atoms with Gasteiger partial charge in [-0.15, -0.1) is 0 Å². The van der Waals surface area contributed by atoms with E-state index in [0.717, 1.165) is 47.7 Å². The largest absolute Gasteiger partial charge is 0.380 e. The molecular formula is C14H20BrClN2O. The molecule has 3 nitrogen and oxygen atoms in total. The van der Waals surface area contributed by atoms with E-state index in [1.165, 1.54) is 0 Å². The van der Waals surface area contributed by atoms with Crippen LogP contribution in [0.3, 0.4) is 0 Å². The summed E-state index contributed by atoms with van der Waals surface area (Å²) in [5.41, 5.74) is 7.25. The summed E-state index contributed by atoms with van der Waals surface area (Å²) in [6, 6.07) is 6.38. The van der Waals surface area contributed by atoms with Crippen LogP contribution in [0.25, 0.3) is 0 Å². The van der Waals surface area contributed by atoms with Gasteiger partial charge in [0.15, 0.2) is 0 Å². The zero-order valence-electron chi connectivity index (χ0n) is 11.1. The predicted octanol–water partition coefficient (Wildman–Crippen LogP) is 3.21. The van der Waals surface area contributed by atoms with Crippen molar-refractivity contribution in [3.05, 3.63) is 33.3 Å².